The summed E-state index contributed by atoms with van der Waals surface area (Å²) in [6, 6.07) is 10.0. The summed E-state index contributed by atoms with van der Waals surface area (Å²) in [6.45, 7) is 8.58. The molecule has 0 spiro atoms. The van der Waals surface area contributed by atoms with E-state index in [1.165, 1.54) is 0 Å². The number of H-pyrrole nitrogens is 1. The number of hydrogen-bond donors (Lipinski definition) is 2. The van der Waals surface area contributed by atoms with Crippen molar-refractivity contribution in [2.45, 2.75) is 33.2 Å². The molecule has 4 rings (SSSR count). The zero-order valence-electron chi connectivity index (χ0n) is 14.3. The highest BCUT2D eigenvalue weighted by Crippen LogP contribution is 2.28. The Morgan fingerprint density at radius 1 is 1.17 bits per heavy atom. The molecule has 4 aromatic rings. The van der Waals surface area contributed by atoms with Crippen LogP contribution in [0, 0.1) is 6.92 Å². The van der Waals surface area contributed by atoms with E-state index < -0.39 is 0 Å². The van der Waals surface area contributed by atoms with Crippen molar-refractivity contribution in [2.24, 2.45) is 0 Å². The molecule has 0 aliphatic carbocycles. The Morgan fingerprint density at radius 2 is 2.00 bits per heavy atom. The van der Waals surface area contributed by atoms with Gasteiger partial charge in [0.05, 0.1) is 16.6 Å². The van der Waals surface area contributed by atoms with Gasteiger partial charge in [0, 0.05) is 23.0 Å². The van der Waals surface area contributed by atoms with Gasteiger partial charge in [0.2, 0.25) is 0 Å². The minimum Gasteiger partial charge on any atom is -0.337 e. The number of nitrogens with one attached hydrogen (secondary N) is 2. The number of hydrogen-bond acceptors (Lipinski definition) is 4. The minimum absolute atomic E-state index is 0.0426. The molecular weight excluding hydrogens is 300 g/mol. The lowest BCUT2D eigenvalue weighted by molar-refractivity contribution is 0.351. The number of fused-ring (bicyclic) bond motifs is 2. The first-order valence-corrected chi connectivity index (χ1v) is 7.99. The Morgan fingerprint density at radius 3 is 2.79 bits per heavy atom. The van der Waals surface area contributed by atoms with Crippen LogP contribution in [0.1, 0.15) is 26.5 Å². The van der Waals surface area contributed by atoms with Gasteiger partial charge in [-0.25, -0.2) is 0 Å². The molecule has 0 saturated heterocycles. The van der Waals surface area contributed by atoms with E-state index in [1.807, 2.05) is 24.3 Å². The number of pyridine rings is 1. The van der Waals surface area contributed by atoms with Crippen LogP contribution in [-0.2, 0) is 5.54 Å². The molecule has 0 aliphatic rings. The van der Waals surface area contributed by atoms with Crippen molar-refractivity contribution >= 4 is 33.4 Å². The fraction of sp³-hybridized carbons (Fsp3) is 0.278. The van der Waals surface area contributed by atoms with Crippen molar-refractivity contribution in [1.82, 2.24) is 25.0 Å². The summed E-state index contributed by atoms with van der Waals surface area (Å²) in [4.78, 5) is 4.38. The maximum Gasteiger partial charge on any atom is 0.178 e. The van der Waals surface area contributed by atoms with E-state index in [0.717, 1.165) is 39.1 Å². The second kappa shape index (κ2) is 5.06. The highest BCUT2D eigenvalue weighted by Gasteiger charge is 2.19. The third-order valence-corrected chi connectivity index (χ3v) is 4.13. The summed E-state index contributed by atoms with van der Waals surface area (Å²) in [6.07, 6.45) is 1.77. The SMILES string of the molecule is Cc1c2cc(Nc3n[nH]c4cccnc34)ccc2nn1C(C)(C)C. The van der Waals surface area contributed by atoms with Crippen LogP contribution in [0.4, 0.5) is 11.5 Å². The monoisotopic (exact) mass is 320 g/mol. The fourth-order valence-electron chi connectivity index (χ4n) is 3.02. The third kappa shape index (κ3) is 2.31. The van der Waals surface area contributed by atoms with Gasteiger partial charge in [0.15, 0.2) is 5.82 Å². The Labute approximate surface area is 139 Å². The maximum atomic E-state index is 4.73. The van der Waals surface area contributed by atoms with E-state index in [1.54, 1.807) is 6.20 Å². The number of aromatic nitrogens is 5. The molecule has 2 N–H and O–H groups in total. The number of anilines is 2. The fourth-order valence-corrected chi connectivity index (χ4v) is 3.02. The number of benzene rings is 1. The lowest BCUT2D eigenvalue weighted by Gasteiger charge is -2.21. The van der Waals surface area contributed by atoms with Crippen LogP contribution in [0.2, 0.25) is 0 Å². The average molecular weight is 320 g/mol. The first-order chi connectivity index (χ1) is 11.4. The van der Waals surface area contributed by atoms with Crippen LogP contribution in [0.3, 0.4) is 0 Å². The number of aryl methyl sites for hydroxylation is 1. The quantitative estimate of drug-likeness (QED) is 0.583. The van der Waals surface area contributed by atoms with E-state index in [4.69, 9.17) is 5.10 Å². The van der Waals surface area contributed by atoms with Crippen LogP contribution >= 0.6 is 0 Å². The normalized spacial score (nSPS) is 12.2. The van der Waals surface area contributed by atoms with Gasteiger partial charge in [0.25, 0.3) is 0 Å². The molecule has 3 aromatic heterocycles. The molecule has 0 radical (unpaired) electrons. The van der Waals surface area contributed by atoms with Gasteiger partial charge < -0.3 is 5.32 Å². The standard InChI is InChI=1S/C18H20N6/c1-11-13-10-12(7-8-14(13)23-24(11)18(2,3)4)20-17-16-15(21-22-17)6-5-9-19-16/h5-10H,1-4H3,(H2,20,21,22). The predicted molar refractivity (Wildman–Crippen MR) is 96.6 cm³/mol. The molecule has 1 aromatic carbocycles. The van der Waals surface area contributed by atoms with E-state index >= 15 is 0 Å². The molecule has 0 atom stereocenters. The van der Waals surface area contributed by atoms with Gasteiger partial charge in [-0.3, -0.25) is 14.8 Å². The van der Waals surface area contributed by atoms with Gasteiger partial charge >= 0.3 is 0 Å². The lowest BCUT2D eigenvalue weighted by Crippen LogP contribution is -2.24. The molecule has 3 heterocycles. The number of nitrogens with zero attached hydrogens (tertiary/aromatic N) is 4. The van der Waals surface area contributed by atoms with Gasteiger partial charge in [-0.1, -0.05) is 0 Å². The van der Waals surface area contributed by atoms with Crippen LogP contribution in [0.15, 0.2) is 36.5 Å². The van der Waals surface area contributed by atoms with Crippen LogP contribution in [0.25, 0.3) is 21.9 Å². The number of rotatable bonds is 2. The Balaban J connectivity index is 1.76. The minimum atomic E-state index is -0.0426. The topological polar surface area (TPSA) is 71.4 Å². The summed E-state index contributed by atoms with van der Waals surface area (Å²) in [5.74, 6) is 0.728. The average Bonchev–Trinajstić information content (AvgIpc) is 3.10. The van der Waals surface area contributed by atoms with Crippen molar-refractivity contribution in [3.63, 3.8) is 0 Å². The predicted octanol–water partition coefficient (Wildman–Crippen LogP) is 4.11. The molecule has 6 heteroatoms. The van der Waals surface area contributed by atoms with Gasteiger partial charge in [-0.2, -0.15) is 10.2 Å². The second-order valence-electron chi connectivity index (χ2n) is 7.00. The molecule has 24 heavy (non-hydrogen) atoms. The Bertz CT molecular complexity index is 1030. The first-order valence-electron chi connectivity index (χ1n) is 7.99. The summed E-state index contributed by atoms with van der Waals surface area (Å²) in [7, 11) is 0. The summed E-state index contributed by atoms with van der Waals surface area (Å²) >= 11 is 0. The van der Waals surface area contributed by atoms with Crippen LogP contribution in [-0.4, -0.2) is 25.0 Å². The summed E-state index contributed by atoms with van der Waals surface area (Å²) < 4.78 is 2.08. The van der Waals surface area contributed by atoms with Crippen molar-refractivity contribution in [2.75, 3.05) is 5.32 Å². The van der Waals surface area contributed by atoms with Crippen molar-refractivity contribution in [1.29, 1.82) is 0 Å². The zero-order chi connectivity index (χ0) is 16.9. The highest BCUT2D eigenvalue weighted by molar-refractivity contribution is 5.90. The van der Waals surface area contributed by atoms with Crippen LogP contribution in [0.5, 0.6) is 0 Å². The third-order valence-electron chi connectivity index (χ3n) is 4.13. The Hall–Kier alpha value is -2.89. The van der Waals surface area contributed by atoms with Gasteiger partial charge in [-0.05, 0) is 58.0 Å². The lowest BCUT2D eigenvalue weighted by atomic mass is 10.1. The molecule has 6 nitrogen and oxygen atoms in total. The van der Waals surface area contributed by atoms with E-state index in [0.29, 0.717) is 0 Å². The Kier molecular flexibility index (Phi) is 3.09. The largest absolute Gasteiger partial charge is 0.337 e. The molecule has 0 fully saturated rings. The van der Waals surface area contributed by atoms with Crippen molar-refractivity contribution in [3.8, 4) is 0 Å². The molecule has 122 valence electrons. The van der Waals surface area contributed by atoms with E-state index in [2.05, 4.69) is 58.9 Å². The van der Waals surface area contributed by atoms with Gasteiger partial charge in [0.1, 0.15) is 5.52 Å². The second-order valence-corrected chi connectivity index (χ2v) is 7.00. The maximum absolute atomic E-state index is 4.73. The molecule has 0 aliphatic heterocycles. The van der Waals surface area contributed by atoms with E-state index in [-0.39, 0.29) is 5.54 Å². The summed E-state index contributed by atoms with van der Waals surface area (Å²) in [5, 5.41) is 16.5. The van der Waals surface area contributed by atoms with Gasteiger partial charge in [-0.15, -0.1) is 0 Å². The summed E-state index contributed by atoms with van der Waals surface area (Å²) in [5.41, 5.74) is 4.83. The van der Waals surface area contributed by atoms with Crippen molar-refractivity contribution in [3.05, 3.63) is 42.2 Å². The molecule has 0 bridgehead atoms. The molecule has 0 saturated carbocycles. The first kappa shape index (κ1) is 14.7. The van der Waals surface area contributed by atoms with E-state index in [9.17, 15) is 0 Å². The molecule has 0 unspecified atom stereocenters. The van der Waals surface area contributed by atoms with Crippen LogP contribution < -0.4 is 5.32 Å². The zero-order valence-corrected chi connectivity index (χ0v) is 14.3. The van der Waals surface area contributed by atoms with Crippen molar-refractivity contribution < 1.29 is 0 Å². The smallest absolute Gasteiger partial charge is 0.178 e. The highest BCUT2D eigenvalue weighted by atomic mass is 15.3. The molecular formula is C18H20N6. The molecule has 0 amide bonds. The number of aromatic amines is 1.